The number of carbonyl (C=O) groups is 1. The summed E-state index contributed by atoms with van der Waals surface area (Å²) in [6.07, 6.45) is 4.80. The summed E-state index contributed by atoms with van der Waals surface area (Å²) in [7, 11) is 0. The molecule has 3 heteroatoms. The molecule has 1 aliphatic heterocycles. The minimum atomic E-state index is 0.158. The average molecular weight is 230 g/mol. The van der Waals surface area contributed by atoms with Crippen molar-refractivity contribution in [3.63, 3.8) is 0 Å². The van der Waals surface area contributed by atoms with E-state index in [0.717, 1.165) is 17.8 Å². The van der Waals surface area contributed by atoms with Crippen LogP contribution in [0.3, 0.4) is 0 Å². The van der Waals surface area contributed by atoms with Crippen molar-refractivity contribution in [1.82, 2.24) is 0 Å². The highest BCUT2D eigenvalue weighted by atomic mass is 16.2. The zero-order valence-electron chi connectivity index (χ0n) is 10.1. The number of hydrogen-bond acceptors (Lipinski definition) is 2. The number of amides is 1. The van der Waals surface area contributed by atoms with E-state index in [2.05, 4.69) is 6.07 Å². The maximum atomic E-state index is 11.8. The van der Waals surface area contributed by atoms with Crippen molar-refractivity contribution in [2.75, 3.05) is 10.6 Å². The molecule has 3 rings (SSSR count). The molecule has 1 aliphatic carbocycles. The van der Waals surface area contributed by atoms with Gasteiger partial charge in [0.2, 0.25) is 5.91 Å². The molecule has 1 heterocycles. The van der Waals surface area contributed by atoms with Gasteiger partial charge in [0, 0.05) is 30.3 Å². The van der Waals surface area contributed by atoms with Crippen LogP contribution in [-0.4, -0.2) is 11.9 Å². The third-order valence-electron chi connectivity index (χ3n) is 4.11. The average Bonchev–Trinajstić information content (AvgIpc) is 2.63. The Labute approximate surface area is 102 Å². The third kappa shape index (κ3) is 1.53. The number of benzene rings is 1. The van der Waals surface area contributed by atoms with Crippen LogP contribution >= 0.6 is 0 Å². The summed E-state index contributed by atoms with van der Waals surface area (Å²) in [5, 5.41) is 0. The first-order chi connectivity index (χ1) is 8.18. The van der Waals surface area contributed by atoms with Gasteiger partial charge in [0.05, 0.1) is 0 Å². The summed E-state index contributed by atoms with van der Waals surface area (Å²) in [5.74, 6) is 0.663. The number of hydrogen-bond donors (Lipinski definition) is 1. The van der Waals surface area contributed by atoms with Crippen LogP contribution in [0.15, 0.2) is 18.2 Å². The Kier molecular flexibility index (Phi) is 2.35. The lowest BCUT2D eigenvalue weighted by Gasteiger charge is -2.31. The fraction of sp³-hybridized carbons (Fsp3) is 0.500. The van der Waals surface area contributed by atoms with E-state index in [0.29, 0.717) is 12.0 Å². The lowest BCUT2D eigenvalue weighted by atomic mass is 9.82. The minimum absolute atomic E-state index is 0.158. The Morgan fingerprint density at radius 3 is 2.88 bits per heavy atom. The van der Waals surface area contributed by atoms with Crippen LogP contribution in [0.4, 0.5) is 11.4 Å². The molecule has 2 N–H and O–H groups in total. The van der Waals surface area contributed by atoms with Crippen molar-refractivity contribution < 1.29 is 4.79 Å². The van der Waals surface area contributed by atoms with Crippen LogP contribution in [0, 0.1) is 0 Å². The van der Waals surface area contributed by atoms with Gasteiger partial charge in [0.15, 0.2) is 0 Å². The molecule has 0 bridgehead atoms. The molecule has 1 aromatic carbocycles. The van der Waals surface area contributed by atoms with Gasteiger partial charge < -0.3 is 10.6 Å². The molecule has 0 spiro atoms. The Morgan fingerprint density at radius 1 is 1.35 bits per heavy atom. The molecule has 0 radical (unpaired) electrons. The molecule has 2 unspecified atom stereocenters. The Hall–Kier alpha value is -1.51. The van der Waals surface area contributed by atoms with E-state index in [1.807, 2.05) is 17.0 Å². The van der Waals surface area contributed by atoms with Gasteiger partial charge in [-0.1, -0.05) is 12.8 Å². The largest absolute Gasteiger partial charge is 0.399 e. The molecule has 2 atom stereocenters. The second-order valence-corrected chi connectivity index (χ2v) is 5.17. The smallest absolute Gasteiger partial charge is 0.224 e. The highest BCUT2D eigenvalue weighted by Gasteiger charge is 2.41. The van der Waals surface area contributed by atoms with Crippen molar-refractivity contribution in [3.8, 4) is 0 Å². The van der Waals surface area contributed by atoms with Crippen molar-refractivity contribution in [1.29, 1.82) is 0 Å². The number of nitrogens with zero attached hydrogens (tertiary/aromatic N) is 1. The molecule has 17 heavy (non-hydrogen) atoms. The molecule has 1 amide bonds. The maximum absolute atomic E-state index is 11.8. The summed E-state index contributed by atoms with van der Waals surface area (Å²) < 4.78 is 0. The Bertz CT molecular complexity index is 469. The topological polar surface area (TPSA) is 46.3 Å². The second kappa shape index (κ2) is 3.76. The van der Waals surface area contributed by atoms with Crippen molar-refractivity contribution in [3.05, 3.63) is 23.8 Å². The molecular weight excluding hydrogens is 212 g/mol. The summed E-state index contributed by atoms with van der Waals surface area (Å²) in [4.78, 5) is 13.8. The highest BCUT2D eigenvalue weighted by molar-refractivity contribution is 5.95. The van der Waals surface area contributed by atoms with E-state index in [1.165, 1.54) is 24.8 Å². The van der Waals surface area contributed by atoms with E-state index in [4.69, 9.17) is 5.73 Å². The number of anilines is 2. The van der Waals surface area contributed by atoms with Crippen molar-refractivity contribution in [2.45, 2.75) is 44.6 Å². The van der Waals surface area contributed by atoms with E-state index in [9.17, 15) is 4.79 Å². The van der Waals surface area contributed by atoms with Crippen LogP contribution < -0.4 is 10.6 Å². The lowest BCUT2D eigenvalue weighted by molar-refractivity contribution is -0.117. The van der Waals surface area contributed by atoms with Crippen molar-refractivity contribution in [2.24, 2.45) is 0 Å². The van der Waals surface area contributed by atoms with E-state index < -0.39 is 0 Å². The first kappa shape index (κ1) is 10.6. The van der Waals surface area contributed by atoms with E-state index >= 15 is 0 Å². The predicted molar refractivity (Wildman–Crippen MR) is 69.0 cm³/mol. The molecule has 1 fully saturated rings. The van der Waals surface area contributed by atoms with Gasteiger partial charge in [0.1, 0.15) is 0 Å². The maximum Gasteiger partial charge on any atom is 0.224 e. The minimum Gasteiger partial charge on any atom is -0.399 e. The monoisotopic (exact) mass is 230 g/mol. The van der Waals surface area contributed by atoms with Gasteiger partial charge in [-0.3, -0.25) is 4.79 Å². The molecule has 3 nitrogen and oxygen atoms in total. The van der Waals surface area contributed by atoms with Gasteiger partial charge in [0.25, 0.3) is 0 Å². The molecule has 1 aromatic rings. The number of carbonyl (C=O) groups excluding carboxylic acids is 1. The standard InChI is InChI=1S/C14H18N2O/c1-9(17)16-13-5-3-2-4-11(13)12-8-10(15)6-7-14(12)16/h6-8,11,13H,2-5,15H2,1H3. The van der Waals surface area contributed by atoms with Crippen molar-refractivity contribution >= 4 is 17.3 Å². The van der Waals surface area contributed by atoms with Gasteiger partial charge in [-0.15, -0.1) is 0 Å². The Morgan fingerprint density at radius 2 is 2.12 bits per heavy atom. The summed E-state index contributed by atoms with van der Waals surface area (Å²) in [6.45, 7) is 1.66. The normalized spacial score (nSPS) is 26.5. The summed E-state index contributed by atoms with van der Waals surface area (Å²) >= 11 is 0. The number of nitrogens with two attached hydrogens (primary N) is 1. The number of nitrogen functional groups attached to an aromatic ring is 1. The van der Waals surface area contributed by atoms with Crippen LogP contribution in [-0.2, 0) is 4.79 Å². The number of rotatable bonds is 0. The first-order valence-electron chi connectivity index (χ1n) is 6.37. The molecule has 1 saturated carbocycles. The molecular formula is C14H18N2O. The third-order valence-corrected chi connectivity index (χ3v) is 4.11. The van der Waals surface area contributed by atoms with Crippen LogP contribution in [0.25, 0.3) is 0 Å². The Balaban J connectivity index is 2.11. The molecule has 0 aromatic heterocycles. The van der Waals surface area contributed by atoms with Crippen LogP contribution in [0.1, 0.15) is 44.1 Å². The molecule has 2 aliphatic rings. The highest BCUT2D eigenvalue weighted by Crippen LogP contribution is 2.48. The van der Waals surface area contributed by atoms with Crippen LogP contribution in [0.2, 0.25) is 0 Å². The predicted octanol–water partition coefficient (Wildman–Crippen LogP) is 2.66. The van der Waals surface area contributed by atoms with Gasteiger partial charge in [-0.25, -0.2) is 0 Å². The fourth-order valence-corrected chi connectivity index (χ4v) is 3.45. The van der Waals surface area contributed by atoms with Gasteiger partial charge in [-0.05, 0) is 36.6 Å². The van der Waals surface area contributed by atoms with E-state index in [1.54, 1.807) is 6.92 Å². The zero-order valence-corrected chi connectivity index (χ0v) is 10.1. The number of fused-ring (bicyclic) bond motifs is 3. The quantitative estimate of drug-likeness (QED) is 0.696. The first-order valence-corrected chi connectivity index (χ1v) is 6.37. The lowest BCUT2D eigenvalue weighted by Crippen LogP contribution is -2.39. The molecule has 0 saturated heterocycles. The fourth-order valence-electron chi connectivity index (χ4n) is 3.45. The SMILES string of the molecule is CC(=O)N1c2ccc(N)cc2C2CCCCC21. The molecule has 90 valence electrons. The zero-order chi connectivity index (χ0) is 12.0. The second-order valence-electron chi connectivity index (χ2n) is 5.17. The van der Waals surface area contributed by atoms with Gasteiger partial charge in [-0.2, -0.15) is 0 Å². The van der Waals surface area contributed by atoms with Gasteiger partial charge >= 0.3 is 0 Å². The summed E-state index contributed by atoms with van der Waals surface area (Å²) in [5.41, 5.74) is 9.04. The summed E-state index contributed by atoms with van der Waals surface area (Å²) in [6, 6.07) is 6.33. The van der Waals surface area contributed by atoms with E-state index in [-0.39, 0.29) is 5.91 Å². The van der Waals surface area contributed by atoms with Crippen LogP contribution in [0.5, 0.6) is 0 Å².